The van der Waals surface area contributed by atoms with Crippen molar-refractivity contribution in [1.82, 2.24) is 4.90 Å². The van der Waals surface area contributed by atoms with Crippen LogP contribution in [0.5, 0.6) is 0 Å². The molecule has 1 saturated heterocycles. The fourth-order valence-electron chi connectivity index (χ4n) is 2.13. The molecule has 0 unspecified atom stereocenters. The summed E-state index contributed by atoms with van der Waals surface area (Å²) in [7, 11) is 0. The van der Waals surface area contributed by atoms with Gasteiger partial charge >= 0.3 is 0 Å². The third kappa shape index (κ3) is 2.97. The second-order valence-corrected chi connectivity index (χ2v) is 5.06. The summed E-state index contributed by atoms with van der Waals surface area (Å²) >= 11 is 0. The van der Waals surface area contributed by atoms with Crippen molar-refractivity contribution in [2.45, 2.75) is 26.0 Å². The van der Waals surface area contributed by atoms with E-state index in [-0.39, 0.29) is 5.60 Å². The minimum Gasteiger partial charge on any atom is -0.399 e. The van der Waals surface area contributed by atoms with E-state index in [4.69, 9.17) is 10.5 Å². The highest BCUT2D eigenvalue weighted by molar-refractivity contribution is 5.39. The van der Waals surface area contributed by atoms with Gasteiger partial charge in [-0.2, -0.15) is 0 Å². The van der Waals surface area contributed by atoms with Crippen LogP contribution >= 0.6 is 0 Å². The normalized spacial score (nSPS) is 20.9. The van der Waals surface area contributed by atoms with Gasteiger partial charge < -0.3 is 10.5 Å². The summed E-state index contributed by atoms with van der Waals surface area (Å²) in [5.74, 6) is 0. The molecule has 1 fully saturated rings. The van der Waals surface area contributed by atoms with Gasteiger partial charge in [0.1, 0.15) is 0 Å². The first-order chi connectivity index (χ1) is 7.55. The molecule has 0 bridgehead atoms. The summed E-state index contributed by atoms with van der Waals surface area (Å²) in [6.07, 6.45) is 0. The maximum atomic E-state index is 5.69. The zero-order chi connectivity index (χ0) is 11.6. The molecular weight excluding hydrogens is 200 g/mol. The summed E-state index contributed by atoms with van der Waals surface area (Å²) in [6.45, 7) is 8.07. The van der Waals surface area contributed by atoms with Crippen LogP contribution in [-0.4, -0.2) is 30.2 Å². The van der Waals surface area contributed by atoms with Crippen molar-refractivity contribution in [2.24, 2.45) is 0 Å². The van der Waals surface area contributed by atoms with Crippen LogP contribution < -0.4 is 5.73 Å². The lowest BCUT2D eigenvalue weighted by Gasteiger charge is -2.38. The largest absolute Gasteiger partial charge is 0.399 e. The number of nitrogen functional groups attached to an aromatic ring is 1. The Hall–Kier alpha value is -1.06. The second-order valence-electron chi connectivity index (χ2n) is 5.06. The number of ether oxygens (including phenoxy) is 1. The molecule has 1 heterocycles. The molecule has 1 aliphatic rings. The molecule has 0 amide bonds. The highest BCUT2D eigenvalue weighted by atomic mass is 16.5. The maximum absolute atomic E-state index is 5.69. The SMILES string of the molecule is CC1(C)CN(Cc2ccc(N)cc2)CCO1. The minimum absolute atomic E-state index is 0.0218. The molecular formula is C13H20N2O. The Morgan fingerprint density at radius 3 is 2.62 bits per heavy atom. The summed E-state index contributed by atoms with van der Waals surface area (Å²) in [4.78, 5) is 2.43. The first-order valence-corrected chi connectivity index (χ1v) is 5.76. The Balaban J connectivity index is 1.97. The van der Waals surface area contributed by atoms with Crippen molar-refractivity contribution in [3.05, 3.63) is 29.8 Å². The molecule has 1 aromatic carbocycles. The van der Waals surface area contributed by atoms with Crippen LogP contribution in [-0.2, 0) is 11.3 Å². The maximum Gasteiger partial charge on any atom is 0.0753 e. The van der Waals surface area contributed by atoms with Gasteiger partial charge in [0.25, 0.3) is 0 Å². The monoisotopic (exact) mass is 220 g/mol. The quantitative estimate of drug-likeness (QED) is 0.773. The van der Waals surface area contributed by atoms with Crippen molar-refractivity contribution >= 4 is 5.69 Å². The number of hydrogen-bond acceptors (Lipinski definition) is 3. The van der Waals surface area contributed by atoms with Crippen LogP contribution in [0.2, 0.25) is 0 Å². The van der Waals surface area contributed by atoms with Gasteiger partial charge in [0.05, 0.1) is 12.2 Å². The van der Waals surface area contributed by atoms with Gasteiger partial charge in [0, 0.05) is 25.3 Å². The lowest BCUT2D eigenvalue weighted by atomic mass is 10.1. The van der Waals surface area contributed by atoms with E-state index in [0.717, 1.165) is 31.9 Å². The fourth-order valence-corrected chi connectivity index (χ4v) is 2.13. The predicted molar refractivity (Wildman–Crippen MR) is 66.2 cm³/mol. The van der Waals surface area contributed by atoms with E-state index in [2.05, 4.69) is 30.9 Å². The number of nitrogens with two attached hydrogens (primary N) is 1. The van der Waals surface area contributed by atoms with E-state index in [1.54, 1.807) is 0 Å². The number of nitrogens with zero attached hydrogens (tertiary/aromatic N) is 1. The van der Waals surface area contributed by atoms with Crippen molar-refractivity contribution in [3.8, 4) is 0 Å². The average Bonchev–Trinajstić information content (AvgIpc) is 2.20. The number of benzene rings is 1. The van der Waals surface area contributed by atoms with E-state index in [9.17, 15) is 0 Å². The number of hydrogen-bond donors (Lipinski definition) is 1. The summed E-state index contributed by atoms with van der Waals surface area (Å²) < 4.78 is 5.69. The van der Waals surface area contributed by atoms with Crippen molar-refractivity contribution in [1.29, 1.82) is 0 Å². The summed E-state index contributed by atoms with van der Waals surface area (Å²) in [5.41, 5.74) is 7.78. The highest BCUT2D eigenvalue weighted by Gasteiger charge is 2.26. The topological polar surface area (TPSA) is 38.5 Å². The van der Waals surface area contributed by atoms with Crippen LogP contribution in [0.3, 0.4) is 0 Å². The first-order valence-electron chi connectivity index (χ1n) is 5.76. The molecule has 16 heavy (non-hydrogen) atoms. The van der Waals surface area contributed by atoms with Gasteiger partial charge in [-0.3, -0.25) is 4.90 Å². The molecule has 0 aliphatic carbocycles. The molecule has 3 heteroatoms. The average molecular weight is 220 g/mol. The van der Waals surface area contributed by atoms with Crippen LogP contribution in [0, 0.1) is 0 Å². The fraction of sp³-hybridized carbons (Fsp3) is 0.538. The van der Waals surface area contributed by atoms with Gasteiger partial charge in [-0.15, -0.1) is 0 Å². The van der Waals surface area contributed by atoms with E-state index in [0.29, 0.717) is 0 Å². The third-order valence-corrected chi connectivity index (χ3v) is 2.89. The van der Waals surface area contributed by atoms with Crippen molar-refractivity contribution < 1.29 is 4.74 Å². The van der Waals surface area contributed by atoms with Crippen molar-refractivity contribution in [3.63, 3.8) is 0 Å². The Bertz CT molecular complexity index is 345. The molecule has 3 nitrogen and oxygen atoms in total. The van der Waals surface area contributed by atoms with Crippen LogP contribution in [0.4, 0.5) is 5.69 Å². The molecule has 0 aromatic heterocycles. The third-order valence-electron chi connectivity index (χ3n) is 2.89. The molecule has 1 aliphatic heterocycles. The Morgan fingerprint density at radius 2 is 2.00 bits per heavy atom. The zero-order valence-electron chi connectivity index (χ0n) is 10.1. The zero-order valence-corrected chi connectivity index (χ0v) is 10.1. The molecule has 0 saturated carbocycles. The number of morpholine rings is 1. The van der Waals surface area contributed by atoms with E-state index in [1.165, 1.54) is 5.56 Å². The summed E-state index contributed by atoms with van der Waals surface area (Å²) in [5, 5.41) is 0. The second kappa shape index (κ2) is 4.44. The van der Waals surface area contributed by atoms with Gasteiger partial charge in [0.15, 0.2) is 0 Å². The molecule has 88 valence electrons. The molecule has 0 radical (unpaired) electrons. The molecule has 2 rings (SSSR count). The van der Waals surface area contributed by atoms with E-state index < -0.39 is 0 Å². The van der Waals surface area contributed by atoms with Gasteiger partial charge in [0.2, 0.25) is 0 Å². The van der Waals surface area contributed by atoms with Gasteiger partial charge in [-0.25, -0.2) is 0 Å². The van der Waals surface area contributed by atoms with Gasteiger partial charge in [-0.05, 0) is 31.5 Å². The van der Waals surface area contributed by atoms with Crippen molar-refractivity contribution in [2.75, 3.05) is 25.4 Å². The standard InChI is InChI=1S/C13H20N2O/c1-13(2)10-15(7-8-16-13)9-11-3-5-12(14)6-4-11/h3-6H,7-10,14H2,1-2H3. The molecule has 0 atom stereocenters. The first kappa shape index (κ1) is 11.4. The van der Waals surface area contributed by atoms with E-state index >= 15 is 0 Å². The lowest BCUT2D eigenvalue weighted by molar-refractivity contribution is -0.0882. The van der Waals surface area contributed by atoms with E-state index in [1.807, 2.05) is 12.1 Å². The predicted octanol–water partition coefficient (Wildman–Crippen LogP) is 1.88. The number of anilines is 1. The minimum atomic E-state index is -0.0218. The summed E-state index contributed by atoms with van der Waals surface area (Å²) in [6, 6.07) is 8.11. The Labute approximate surface area is 97.2 Å². The van der Waals surface area contributed by atoms with Crippen LogP contribution in [0.25, 0.3) is 0 Å². The smallest absolute Gasteiger partial charge is 0.0753 e. The lowest BCUT2D eigenvalue weighted by Crippen LogP contribution is -2.47. The number of rotatable bonds is 2. The van der Waals surface area contributed by atoms with Crippen LogP contribution in [0.1, 0.15) is 19.4 Å². The molecule has 0 spiro atoms. The molecule has 2 N–H and O–H groups in total. The Morgan fingerprint density at radius 1 is 1.31 bits per heavy atom. The Kier molecular flexibility index (Phi) is 3.17. The highest BCUT2D eigenvalue weighted by Crippen LogP contribution is 2.18. The van der Waals surface area contributed by atoms with Gasteiger partial charge in [-0.1, -0.05) is 12.1 Å². The molecule has 1 aromatic rings. The van der Waals surface area contributed by atoms with Crippen LogP contribution in [0.15, 0.2) is 24.3 Å².